The smallest absolute Gasteiger partial charge is 0.309 e. The molecule has 5 heteroatoms. The van der Waals surface area contributed by atoms with Gasteiger partial charge in [-0.2, -0.15) is 0 Å². The zero-order valence-corrected chi connectivity index (χ0v) is 8.31. The van der Waals surface area contributed by atoms with Gasteiger partial charge >= 0.3 is 5.97 Å². The van der Waals surface area contributed by atoms with Gasteiger partial charge in [0.1, 0.15) is 5.82 Å². The topological polar surface area (TPSA) is 66.4 Å². The summed E-state index contributed by atoms with van der Waals surface area (Å²) in [5.74, 6) is -2.63. The standard InChI is InChI=1S/C11H10FNO3/c12-7-3-1-2-6(4-7)10-8(11(15)16)5-9(14)13-10/h1-4,8,10H,5H2,(H,13,14)(H,15,16). The second kappa shape index (κ2) is 3.92. The van der Waals surface area contributed by atoms with Gasteiger partial charge in [0, 0.05) is 6.42 Å². The number of carbonyl (C=O) groups is 2. The third-order valence-corrected chi connectivity index (χ3v) is 2.65. The van der Waals surface area contributed by atoms with E-state index in [4.69, 9.17) is 5.11 Å². The monoisotopic (exact) mass is 223 g/mol. The van der Waals surface area contributed by atoms with E-state index in [1.165, 1.54) is 18.2 Å². The second-order valence-corrected chi connectivity index (χ2v) is 3.75. The lowest BCUT2D eigenvalue weighted by atomic mass is 9.94. The molecular weight excluding hydrogens is 213 g/mol. The molecule has 0 spiro atoms. The number of hydrogen-bond acceptors (Lipinski definition) is 2. The van der Waals surface area contributed by atoms with Crippen LogP contribution in [0.25, 0.3) is 0 Å². The van der Waals surface area contributed by atoms with Crippen LogP contribution in [0.3, 0.4) is 0 Å². The Hall–Kier alpha value is -1.91. The molecule has 1 aromatic rings. The molecular formula is C11H10FNO3. The van der Waals surface area contributed by atoms with Crippen molar-refractivity contribution in [1.82, 2.24) is 5.32 Å². The average molecular weight is 223 g/mol. The van der Waals surface area contributed by atoms with Crippen molar-refractivity contribution in [3.05, 3.63) is 35.6 Å². The third kappa shape index (κ3) is 1.88. The fourth-order valence-corrected chi connectivity index (χ4v) is 1.90. The van der Waals surface area contributed by atoms with Crippen LogP contribution in [0, 0.1) is 11.7 Å². The Balaban J connectivity index is 2.32. The summed E-state index contributed by atoms with van der Waals surface area (Å²) in [5.41, 5.74) is 0.484. The van der Waals surface area contributed by atoms with Crippen molar-refractivity contribution in [2.24, 2.45) is 5.92 Å². The van der Waals surface area contributed by atoms with Crippen LogP contribution in [0.1, 0.15) is 18.0 Å². The minimum absolute atomic E-state index is 0.0590. The predicted octanol–water partition coefficient (Wildman–Crippen LogP) is 1.09. The molecule has 2 rings (SSSR count). The van der Waals surface area contributed by atoms with Gasteiger partial charge in [0.25, 0.3) is 0 Å². The van der Waals surface area contributed by atoms with E-state index in [1.54, 1.807) is 6.07 Å². The van der Waals surface area contributed by atoms with Crippen molar-refractivity contribution in [2.45, 2.75) is 12.5 Å². The number of halogens is 1. The summed E-state index contributed by atoms with van der Waals surface area (Å²) in [5, 5.41) is 11.5. The van der Waals surface area contributed by atoms with Gasteiger partial charge in [-0.05, 0) is 17.7 Å². The molecule has 4 nitrogen and oxygen atoms in total. The van der Waals surface area contributed by atoms with E-state index in [2.05, 4.69) is 5.32 Å². The highest BCUT2D eigenvalue weighted by Gasteiger charge is 2.38. The normalized spacial score (nSPS) is 24.2. The first-order chi connectivity index (χ1) is 7.58. The predicted molar refractivity (Wildman–Crippen MR) is 53.0 cm³/mol. The maximum absolute atomic E-state index is 13.0. The largest absolute Gasteiger partial charge is 0.481 e. The number of carboxylic acid groups (broad SMARTS) is 1. The van der Waals surface area contributed by atoms with Gasteiger partial charge in [0.2, 0.25) is 5.91 Å². The van der Waals surface area contributed by atoms with Gasteiger partial charge in [-0.1, -0.05) is 12.1 Å². The van der Waals surface area contributed by atoms with Crippen LogP contribution in [-0.4, -0.2) is 17.0 Å². The van der Waals surface area contributed by atoms with Crippen LogP contribution >= 0.6 is 0 Å². The molecule has 1 aromatic carbocycles. The number of hydrogen-bond donors (Lipinski definition) is 2. The van der Waals surface area contributed by atoms with Gasteiger partial charge in [0.15, 0.2) is 0 Å². The maximum atomic E-state index is 13.0. The average Bonchev–Trinajstić information content (AvgIpc) is 2.60. The summed E-state index contributed by atoms with van der Waals surface area (Å²) < 4.78 is 13.0. The molecule has 1 amide bonds. The number of rotatable bonds is 2. The summed E-state index contributed by atoms with van der Waals surface area (Å²) in [6.45, 7) is 0. The third-order valence-electron chi connectivity index (χ3n) is 2.65. The van der Waals surface area contributed by atoms with Gasteiger partial charge in [-0.3, -0.25) is 9.59 Å². The fourth-order valence-electron chi connectivity index (χ4n) is 1.90. The fraction of sp³-hybridized carbons (Fsp3) is 0.273. The van der Waals surface area contributed by atoms with Crippen molar-refractivity contribution in [3.63, 3.8) is 0 Å². The Kier molecular flexibility index (Phi) is 2.60. The lowest BCUT2D eigenvalue weighted by Crippen LogP contribution is -2.24. The molecule has 84 valence electrons. The number of benzene rings is 1. The Morgan fingerprint density at radius 2 is 2.25 bits per heavy atom. The number of nitrogens with one attached hydrogen (secondary N) is 1. The second-order valence-electron chi connectivity index (χ2n) is 3.75. The Bertz CT molecular complexity index is 447. The van der Waals surface area contributed by atoms with Crippen LogP contribution < -0.4 is 5.32 Å². The minimum Gasteiger partial charge on any atom is -0.481 e. The lowest BCUT2D eigenvalue weighted by Gasteiger charge is -2.15. The van der Waals surface area contributed by atoms with Crippen molar-refractivity contribution in [2.75, 3.05) is 0 Å². The molecule has 1 fully saturated rings. The molecule has 1 saturated heterocycles. The van der Waals surface area contributed by atoms with Gasteiger partial charge < -0.3 is 10.4 Å². The Morgan fingerprint density at radius 3 is 2.88 bits per heavy atom. The van der Waals surface area contributed by atoms with Crippen LogP contribution in [0.5, 0.6) is 0 Å². The number of carbonyl (C=O) groups excluding carboxylic acids is 1. The molecule has 0 radical (unpaired) electrons. The first-order valence-electron chi connectivity index (χ1n) is 4.85. The highest BCUT2D eigenvalue weighted by atomic mass is 19.1. The molecule has 2 N–H and O–H groups in total. The van der Waals surface area contributed by atoms with Crippen LogP contribution in [0.4, 0.5) is 4.39 Å². The molecule has 1 aliphatic rings. The van der Waals surface area contributed by atoms with E-state index in [0.717, 1.165) is 0 Å². The van der Waals surface area contributed by atoms with Crippen molar-refractivity contribution in [3.8, 4) is 0 Å². The number of amides is 1. The van der Waals surface area contributed by atoms with Gasteiger partial charge in [-0.25, -0.2) is 4.39 Å². The van der Waals surface area contributed by atoms with Crippen LogP contribution in [0.2, 0.25) is 0 Å². The van der Waals surface area contributed by atoms with Crippen molar-refractivity contribution >= 4 is 11.9 Å². The summed E-state index contributed by atoms with van der Waals surface area (Å²) in [4.78, 5) is 22.1. The van der Waals surface area contributed by atoms with E-state index < -0.39 is 23.7 Å². The molecule has 0 bridgehead atoms. The zero-order chi connectivity index (χ0) is 11.7. The molecule has 0 aromatic heterocycles. The van der Waals surface area contributed by atoms with Crippen molar-refractivity contribution < 1.29 is 19.1 Å². The van der Waals surface area contributed by atoms with E-state index in [0.29, 0.717) is 5.56 Å². The molecule has 1 heterocycles. The Labute approximate surface area is 91.1 Å². The number of aliphatic carboxylic acids is 1. The first kappa shape index (κ1) is 10.6. The lowest BCUT2D eigenvalue weighted by molar-refractivity contribution is -0.142. The first-order valence-corrected chi connectivity index (χ1v) is 4.85. The molecule has 2 unspecified atom stereocenters. The van der Waals surface area contributed by atoms with Crippen molar-refractivity contribution in [1.29, 1.82) is 0 Å². The SMILES string of the molecule is O=C1CC(C(=O)O)C(c2cccc(F)c2)N1. The van der Waals surface area contributed by atoms with Crippen LogP contribution in [-0.2, 0) is 9.59 Å². The van der Waals surface area contributed by atoms with E-state index in [9.17, 15) is 14.0 Å². The maximum Gasteiger partial charge on any atom is 0.309 e. The molecule has 16 heavy (non-hydrogen) atoms. The van der Waals surface area contributed by atoms with Crippen LogP contribution in [0.15, 0.2) is 24.3 Å². The molecule has 0 saturated carbocycles. The molecule has 2 atom stereocenters. The summed E-state index contributed by atoms with van der Waals surface area (Å²) in [6, 6.07) is 4.98. The molecule has 0 aliphatic carbocycles. The summed E-state index contributed by atoms with van der Waals surface area (Å²) in [6.07, 6.45) is -0.0590. The zero-order valence-electron chi connectivity index (χ0n) is 8.31. The minimum atomic E-state index is -1.05. The quantitative estimate of drug-likeness (QED) is 0.788. The van der Waals surface area contributed by atoms with E-state index in [1.807, 2.05) is 0 Å². The summed E-state index contributed by atoms with van der Waals surface area (Å²) in [7, 11) is 0. The van der Waals surface area contributed by atoms with E-state index in [-0.39, 0.29) is 12.3 Å². The van der Waals surface area contributed by atoms with E-state index >= 15 is 0 Å². The van der Waals surface area contributed by atoms with Gasteiger partial charge in [0.05, 0.1) is 12.0 Å². The highest BCUT2D eigenvalue weighted by Crippen LogP contribution is 2.30. The number of carboxylic acids is 1. The Morgan fingerprint density at radius 1 is 1.50 bits per heavy atom. The summed E-state index contributed by atoms with van der Waals surface area (Å²) >= 11 is 0. The molecule has 1 aliphatic heterocycles. The highest BCUT2D eigenvalue weighted by molar-refractivity contribution is 5.87. The van der Waals surface area contributed by atoms with Gasteiger partial charge in [-0.15, -0.1) is 0 Å².